The zero-order valence-electron chi connectivity index (χ0n) is 17.9. The van der Waals surface area contributed by atoms with Gasteiger partial charge in [-0.25, -0.2) is 8.42 Å². The number of nitrogens with zero attached hydrogens (tertiary/aromatic N) is 2. The van der Waals surface area contributed by atoms with E-state index in [0.717, 1.165) is 11.1 Å². The van der Waals surface area contributed by atoms with E-state index in [1.165, 1.54) is 16.4 Å². The Morgan fingerprint density at radius 3 is 2.00 bits per heavy atom. The highest BCUT2D eigenvalue weighted by Crippen LogP contribution is 2.29. The van der Waals surface area contributed by atoms with Crippen molar-refractivity contribution in [3.05, 3.63) is 102 Å². The SMILES string of the molecule is CN(C(=O)c1cccc(S(=O)(=O)N2CCOCC2)c1)C(c1ccccc1)c1ccccc1. The highest BCUT2D eigenvalue weighted by Gasteiger charge is 2.29. The van der Waals surface area contributed by atoms with E-state index in [-0.39, 0.29) is 16.8 Å². The van der Waals surface area contributed by atoms with Crippen molar-refractivity contribution in [2.45, 2.75) is 10.9 Å². The first-order valence-corrected chi connectivity index (χ1v) is 12.0. The molecule has 7 heteroatoms. The van der Waals surface area contributed by atoms with Crippen molar-refractivity contribution in [1.82, 2.24) is 9.21 Å². The number of ether oxygens (including phenoxy) is 1. The Kier molecular flexibility index (Phi) is 6.69. The molecule has 0 aromatic heterocycles. The van der Waals surface area contributed by atoms with Crippen molar-refractivity contribution < 1.29 is 17.9 Å². The maximum absolute atomic E-state index is 13.5. The van der Waals surface area contributed by atoms with Crippen molar-refractivity contribution in [2.24, 2.45) is 0 Å². The summed E-state index contributed by atoms with van der Waals surface area (Å²) in [6.07, 6.45) is 0. The van der Waals surface area contributed by atoms with Crippen LogP contribution in [0, 0.1) is 0 Å². The van der Waals surface area contributed by atoms with Gasteiger partial charge in [0.1, 0.15) is 0 Å². The lowest BCUT2D eigenvalue weighted by Gasteiger charge is -2.30. The lowest BCUT2D eigenvalue weighted by Crippen LogP contribution is -2.40. The summed E-state index contributed by atoms with van der Waals surface area (Å²) in [5, 5.41) is 0. The monoisotopic (exact) mass is 450 g/mol. The topological polar surface area (TPSA) is 66.9 Å². The number of morpholine rings is 1. The summed E-state index contributed by atoms with van der Waals surface area (Å²) in [5.41, 5.74) is 2.29. The van der Waals surface area contributed by atoms with E-state index in [4.69, 9.17) is 4.74 Å². The molecule has 0 spiro atoms. The second-order valence-electron chi connectivity index (χ2n) is 7.68. The molecular weight excluding hydrogens is 424 g/mol. The van der Waals surface area contributed by atoms with E-state index in [9.17, 15) is 13.2 Å². The van der Waals surface area contributed by atoms with Crippen LogP contribution in [-0.4, -0.2) is 56.9 Å². The molecule has 0 unspecified atom stereocenters. The summed E-state index contributed by atoms with van der Waals surface area (Å²) in [7, 11) is -1.94. The first-order chi connectivity index (χ1) is 15.5. The Balaban J connectivity index is 1.66. The second kappa shape index (κ2) is 9.65. The predicted octanol–water partition coefficient (Wildman–Crippen LogP) is 3.57. The number of carbonyl (C=O) groups is 1. The number of hydrogen-bond acceptors (Lipinski definition) is 4. The van der Waals surface area contributed by atoms with E-state index < -0.39 is 10.0 Å². The molecule has 3 aromatic rings. The van der Waals surface area contributed by atoms with Gasteiger partial charge in [0.25, 0.3) is 5.91 Å². The smallest absolute Gasteiger partial charge is 0.254 e. The van der Waals surface area contributed by atoms with Crippen molar-refractivity contribution in [3.8, 4) is 0 Å². The number of hydrogen-bond donors (Lipinski definition) is 0. The Morgan fingerprint density at radius 2 is 1.44 bits per heavy atom. The Bertz CT molecular complexity index is 1120. The standard InChI is InChI=1S/C25H26N2O4S/c1-26(24(20-9-4-2-5-10-20)21-11-6-3-7-12-21)25(28)22-13-8-14-23(19-22)32(29,30)27-15-17-31-18-16-27/h2-14,19,24H,15-18H2,1H3. The largest absolute Gasteiger partial charge is 0.379 e. The predicted molar refractivity (Wildman–Crippen MR) is 123 cm³/mol. The van der Waals surface area contributed by atoms with Crippen molar-refractivity contribution in [1.29, 1.82) is 0 Å². The molecule has 32 heavy (non-hydrogen) atoms. The van der Waals surface area contributed by atoms with E-state index in [2.05, 4.69) is 0 Å². The van der Waals surface area contributed by atoms with Crippen molar-refractivity contribution >= 4 is 15.9 Å². The maximum Gasteiger partial charge on any atom is 0.254 e. The molecular formula is C25H26N2O4S. The van der Waals surface area contributed by atoms with Crippen LogP contribution in [0.15, 0.2) is 89.8 Å². The van der Waals surface area contributed by atoms with Crippen LogP contribution in [0.5, 0.6) is 0 Å². The zero-order chi connectivity index (χ0) is 22.6. The summed E-state index contributed by atoms with van der Waals surface area (Å²) in [6.45, 7) is 1.36. The van der Waals surface area contributed by atoms with Crippen LogP contribution in [0.25, 0.3) is 0 Å². The van der Waals surface area contributed by atoms with Gasteiger partial charge < -0.3 is 9.64 Å². The molecule has 1 amide bonds. The Morgan fingerprint density at radius 1 is 0.875 bits per heavy atom. The first-order valence-electron chi connectivity index (χ1n) is 10.5. The van der Waals surface area contributed by atoms with Gasteiger partial charge in [0, 0.05) is 25.7 Å². The second-order valence-corrected chi connectivity index (χ2v) is 9.62. The van der Waals surface area contributed by atoms with Gasteiger partial charge in [0.15, 0.2) is 0 Å². The molecule has 1 saturated heterocycles. The molecule has 4 rings (SSSR count). The summed E-state index contributed by atoms with van der Waals surface area (Å²) in [4.78, 5) is 15.3. The van der Waals surface area contributed by atoms with Gasteiger partial charge in [-0.05, 0) is 29.3 Å². The first kappa shape index (κ1) is 22.2. The Labute approximate surface area is 189 Å². The van der Waals surface area contributed by atoms with Crippen LogP contribution in [0.3, 0.4) is 0 Å². The number of benzene rings is 3. The highest BCUT2D eigenvalue weighted by atomic mass is 32.2. The minimum Gasteiger partial charge on any atom is -0.379 e. The van der Waals surface area contributed by atoms with Crippen LogP contribution < -0.4 is 0 Å². The summed E-state index contributed by atoms with van der Waals surface area (Å²) in [5.74, 6) is -0.248. The summed E-state index contributed by atoms with van der Waals surface area (Å²) in [6, 6.07) is 25.6. The van der Waals surface area contributed by atoms with Crippen LogP contribution in [0.1, 0.15) is 27.5 Å². The quantitative estimate of drug-likeness (QED) is 0.576. The zero-order valence-corrected chi connectivity index (χ0v) is 18.7. The summed E-state index contributed by atoms with van der Waals surface area (Å²) < 4.78 is 32.8. The lowest BCUT2D eigenvalue weighted by atomic mass is 9.97. The van der Waals surface area contributed by atoms with Crippen LogP contribution in [0.2, 0.25) is 0 Å². The van der Waals surface area contributed by atoms with E-state index in [0.29, 0.717) is 31.9 Å². The fraction of sp³-hybridized carbons (Fsp3) is 0.240. The normalized spacial score (nSPS) is 14.9. The fourth-order valence-electron chi connectivity index (χ4n) is 3.96. The molecule has 0 bridgehead atoms. The minimum atomic E-state index is -3.69. The molecule has 1 aliphatic heterocycles. The molecule has 0 radical (unpaired) electrons. The van der Waals surface area contributed by atoms with Gasteiger partial charge in [-0.2, -0.15) is 4.31 Å². The average molecular weight is 451 g/mol. The van der Waals surface area contributed by atoms with Gasteiger partial charge in [0.2, 0.25) is 10.0 Å². The van der Waals surface area contributed by atoms with E-state index in [1.54, 1.807) is 24.1 Å². The van der Waals surface area contributed by atoms with Gasteiger partial charge in [-0.1, -0.05) is 66.7 Å². The molecule has 0 aliphatic carbocycles. The molecule has 6 nitrogen and oxygen atoms in total. The highest BCUT2D eigenvalue weighted by molar-refractivity contribution is 7.89. The minimum absolute atomic E-state index is 0.120. The third kappa shape index (κ3) is 4.60. The summed E-state index contributed by atoms with van der Waals surface area (Å²) >= 11 is 0. The molecule has 166 valence electrons. The Hall–Kier alpha value is -3.00. The van der Waals surface area contributed by atoms with Gasteiger partial charge in [-0.3, -0.25) is 4.79 Å². The van der Waals surface area contributed by atoms with Gasteiger partial charge in [0.05, 0.1) is 24.2 Å². The maximum atomic E-state index is 13.5. The van der Waals surface area contributed by atoms with Crippen molar-refractivity contribution in [3.63, 3.8) is 0 Å². The van der Waals surface area contributed by atoms with E-state index in [1.807, 2.05) is 60.7 Å². The molecule has 1 aliphatic rings. The molecule has 0 saturated carbocycles. The third-order valence-electron chi connectivity index (χ3n) is 5.63. The lowest BCUT2D eigenvalue weighted by molar-refractivity contribution is 0.0729. The number of carbonyl (C=O) groups excluding carboxylic acids is 1. The van der Waals surface area contributed by atoms with Crippen LogP contribution in [0.4, 0.5) is 0 Å². The number of sulfonamides is 1. The average Bonchev–Trinajstić information content (AvgIpc) is 2.85. The van der Waals surface area contributed by atoms with Gasteiger partial charge in [-0.15, -0.1) is 0 Å². The van der Waals surface area contributed by atoms with Gasteiger partial charge >= 0.3 is 0 Å². The molecule has 0 atom stereocenters. The van der Waals surface area contributed by atoms with Crippen molar-refractivity contribution in [2.75, 3.05) is 33.4 Å². The van der Waals surface area contributed by atoms with Crippen LogP contribution >= 0.6 is 0 Å². The third-order valence-corrected chi connectivity index (χ3v) is 7.52. The van der Waals surface area contributed by atoms with Crippen LogP contribution in [-0.2, 0) is 14.8 Å². The molecule has 0 N–H and O–H groups in total. The molecule has 1 fully saturated rings. The number of rotatable bonds is 6. The van der Waals surface area contributed by atoms with E-state index >= 15 is 0 Å². The number of amides is 1. The fourth-order valence-corrected chi connectivity index (χ4v) is 5.41. The molecule has 1 heterocycles. The molecule has 3 aromatic carbocycles.